The summed E-state index contributed by atoms with van der Waals surface area (Å²) in [6.07, 6.45) is 1.39. The highest BCUT2D eigenvalue weighted by Gasteiger charge is 2.40. The molecule has 41 heavy (non-hydrogen) atoms. The van der Waals surface area contributed by atoms with E-state index in [-0.39, 0.29) is 43.2 Å². The number of hydrogen-bond donors (Lipinski definition) is 3. The quantitative estimate of drug-likeness (QED) is 0.384. The minimum absolute atomic E-state index is 0.0856. The molecule has 230 valence electrons. The first-order valence-corrected chi connectivity index (χ1v) is 16.1. The topological polar surface area (TPSA) is 107 Å². The van der Waals surface area contributed by atoms with E-state index in [1.807, 2.05) is 72.9 Å². The Bertz CT molecular complexity index is 1040. The standard InChI is InChI=1S/C27H39N5O4S.2C2H6/c1-18(2)19(3)27(35)32-16-22(33)13-23(32)26(34)30-14-21-5-4-20(25-15-29-17-37-25)12-24(21)36-11-10-31-8-6-28-7-9-31;2*1-2/h4-5,12,15,17-19,22-23,28,33H,6-11,13-14,16H2,1-3H3,(H,30,34);2*1-2H3. The number of likely N-dealkylation sites (tertiary alicyclic amines) is 1. The van der Waals surface area contributed by atoms with E-state index < -0.39 is 12.1 Å². The minimum atomic E-state index is -0.693. The lowest BCUT2D eigenvalue weighted by Crippen LogP contribution is -2.48. The van der Waals surface area contributed by atoms with E-state index >= 15 is 0 Å². The highest BCUT2D eigenvalue weighted by molar-refractivity contribution is 7.13. The second-order valence-electron chi connectivity index (χ2n) is 10.3. The number of aliphatic hydroxyl groups excluding tert-OH is 1. The van der Waals surface area contributed by atoms with Crippen molar-refractivity contribution < 1.29 is 19.4 Å². The van der Waals surface area contributed by atoms with Crippen LogP contribution in [0.15, 0.2) is 29.9 Å². The molecule has 2 aromatic rings. The summed E-state index contributed by atoms with van der Waals surface area (Å²) in [5.41, 5.74) is 3.69. The minimum Gasteiger partial charge on any atom is -0.492 e. The molecule has 9 nitrogen and oxygen atoms in total. The van der Waals surface area contributed by atoms with Crippen molar-refractivity contribution in [2.75, 3.05) is 45.9 Å². The number of carbonyl (C=O) groups excluding carboxylic acids is 2. The highest BCUT2D eigenvalue weighted by Crippen LogP contribution is 2.30. The van der Waals surface area contributed by atoms with Crippen LogP contribution in [0.3, 0.4) is 0 Å². The molecule has 2 aliphatic rings. The second-order valence-corrected chi connectivity index (χ2v) is 11.2. The average Bonchev–Trinajstić information content (AvgIpc) is 3.68. The molecule has 2 fully saturated rings. The summed E-state index contributed by atoms with van der Waals surface area (Å²) in [6.45, 7) is 19.7. The summed E-state index contributed by atoms with van der Waals surface area (Å²) in [5, 5.41) is 16.6. The normalized spacial score (nSPS) is 19.5. The van der Waals surface area contributed by atoms with Crippen molar-refractivity contribution in [3.63, 3.8) is 0 Å². The number of thiazole rings is 1. The van der Waals surface area contributed by atoms with E-state index in [4.69, 9.17) is 4.74 Å². The molecule has 2 saturated heterocycles. The Labute approximate surface area is 250 Å². The summed E-state index contributed by atoms with van der Waals surface area (Å²) in [7, 11) is 0. The maximum absolute atomic E-state index is 13.2. The molecule has 0 bridgehead atoms. The van der Waals surface area contributed by atoms with Crippen LogP contribution in [0.2, 0.25) is 0 Å². The number of benzene rings is 1. The number of nitrogens with one attached hydrogen (secondary N) is 2. The maximum Gasteiger partial charge on any atom is 0.243 e. The largest absolute Gasteiger partial charge is 0.492 e. The van der Waals surface area contributed by atoms with Crippen LogP contribution in [-0.4, -0.2) is 89.7 Å². The van der Waals surface area contributed by atoms with Gasteiger partial charge >= 0.3 is 0 Å². The smallest absolute Gasteiger partial charge is 0.243 e. The number of β-amino-alcohol motifs (C(OH)–C–C–N with tert-alkyl or cyclic N) is 1. The van der Waals surface area contributed by atoms with Gasteiger partial charge in [0.2, 0.25) is 11.8 Å². The monoisotopic (exact) mass is 589 g/mol. The van der Waals surface area contributed by atoms with E-state index in [1.165, 1.54) is 0 Å². The zero-order valence-corrected chi connectivity index (χ0v) is 26.8. The molecule has 2 aliphatic heterocycles. The highest BCUT2D eigenvalue weighted by atomic mass is 32.1. The van der Waals surface area contributed by atoms with Crippen molar-refractivity contribution >= 4 is 23.2 Å². The third kappa shape index (κ3) is 10.1. The number of carbonyl (C=O) groups is 2. The molecule has 3 N–H and O–H groups in total. The van der Waals surface area contributed by atoms with Gasteiger partial charge in [0.05, 0.1) is 16.5 Å². The van der Waals surface area contributed by atoms with Gasteiger partial charge in [-0.2, -0.15) is 0 Å². The fraction of sp³-hybridized carbons (Fsp3) is 0.645. The van der Waals surface area contributed by atoms with Gasteiger partial charge in [0.25, 0.3) is 0 Å². The fourth-order valence-corrected chi connectivity index (χ4v) is 5.34. The number of hydrogen-bond acceptors (Lipinski definition) is 8. The Kier molecular flexibility index (Phi) is 15.3. The lowest BCUT2D eigenvalue weighted by atomic mass is 9.96. The molecule has 1 aromatic heterocycles. The Balaban J connectivity index is 0.00000141. The molecule has 0 aliphatic carbocycles. The third-order valence-corrected chi connectivity index (χ3v) is 8.19. The predicted molar refractivity (Wildman–Crippen MR) is 167 cm³/mol. The van der Waals surface area contributed by atoms with Crippen LogP contribution in [0, 0.1) is 11.8 Å². The number of aliphatic hydroxyl groups is 1. The molecule has 0 spiro atoms. The molecule has 3 heterocycles. The van der Waals surface area contributed by atoms with Gasteiger partial charge < -0.3 is 25.4 Å². The molecular formula is C31H51N5O4S. The number of amides is 2. The summed E-state index contributed by atoms with van der Waals surface area (Å²) in [5.74, 6) is 0.341. The summed E-state index contributed by atoms with van der Waals surface area (Å²) in [6, 6.07) is 5.32. The first kappa shape index (κ1) is 34.7. The molecular weight excluding hydrogens is 538 g/mol. The van der Waals surface area contributed by atoms with E-state index in [0.717, 1.165) is 54.5 Å². The van der Waals surface area contributed by atoms with Gasteiger partial charge in [-0.1, -0.05) is 60.6 Å². The first-order chi connectivity index (χ1) is 19.8. The molecule has 0 radical (unpaired) electrons. The number of aromatic nitrogens is 1. The van der Waals surface area contributed by atoms with Gasteiger partial charge in [-0.25, -0.2) is 0 Å². The Morgan fingerprint density at radius 3 is 2.51 bits per heavy atom. The van der Waals surface area contributed by atoms with Crippen molar-refractivity contribution in [3.8, 4) is 16.2 Å². The predicted octanol–water partition coefficient (Wildman–Crippen LogP) is 4.02. The van der Waals surface area contributed by atoms with Crippen molar-refractivity contribution in [1.82, 2.24) is 25.4 Å². The number of ether oxygens (including phenoxy) is 1. The van der Waals surface area contributed by atoms with Crippen molar-refractivity contribution in [2.45, 2.75) is 73.6 Å². The Morgan fingerprint density at radius 1 is 1.17 bits per heavy atom. The van der Waals surface area contributed by atoms with Crippen LogP contribution in [0.25, 0.3) is 10.4 Å². The van der Waals surface area contributed by atoms with Crippen molar-refractivity contribution in [3.05, 3.63) is 35.5 Å². The number of rotatable bonds is 10. The second kappa shape index (κ2) is 18.1. The number of piperazine rings is 1. The van der Waals surface area contributed by atoms with Gasteiger partial charge in [-0.3, -0.25) is 19.5 Å². The van der Waals surface area contributed by atoms with Gasteiger partial charge in [-0.05, 0) is 17.5 Å². The zero-order chi connectivity index (χ0) is 30.4. The lowest BCUT2D eigenvalue weighted by Gasteiger charge is -2.28. The average molecular weight is 590 g/mol. The van der Waals surface area contributed by atoms with Crippen LogP contribution >= 0.6 is 11.3 Å². The van der Waals surface area contributed by atoms with Crippen LogP contribution in [0.5, 0.6) is 5.75 Å². The van der Waals surface area contributed by atoms with Crippen molar-refractivity contribution in [1.29, 1.82) is 0 Å². The molecule has 0 saturated carbocycles. The Morgan fingerprint density at radius 2 is 1.88 bits per heavy atom. The van der Waals surface area contributed by atoms with E-state index in [0.29, 0.717) is 6.61 Å². The van der Waals surface area contributed by atoms with Crippen LogP contribution < -0.4 is 15.4 Å². The Hall–Kier alpha value is -2.53. The van der Waals surface area contributed by atoms with E-state index in [1.54, 1.807) is 21.7 Å². The van der Waals surface area contributed by atoms with Crippen LogP contribution in [0.4, 0.5) is 0 Å². The molecule has 3 atom stereocenters. The van der Waals surface area contributed by atoms with E-state index in [2.05, 4.69) is 20.5 Å². The summed E-state index contributed by atoms with van der Waals surface area (Å²) >= 11 is 1.57. The first-order valence-electron chi connectivity index (χ1n) is 15.2. The van der Waals surface area contributed by atoms with Gasteiger partial charge in [0.15, 0.2) is 0 Å². The summed E-state index contributed by atoms with van der Waals surface area (Å²) < 4.78 is 6.24. The van der Waals surface area contributed by atoms with Gasteiger partial charge in [0.1, 0.15) is 18.4 Å². The molecule has 10 heteroatoms. The van der Waals surface area contributed by atoms with Gasteiger partial charge in [0, 0.05) is 69.9 Å². The zero-order valence-electron chi connectivity index (χ0n) is 26.0. The van der Waals surface area contributed by atoms with Gasteiger partial charge in [-0.15, -0.1) is 11.3 Å². The molecule has 1 aromatic carbocycles. The molecule has 4 rings (SSSR count). The SMILES string of the molecule is CC.CC.CC(C)C(C)C(=O)N1CC(O)CC1C(=O)NCc1ccc(-c2cncs2)cc1OCCN1CCNCC1. The maximum atomic E-state index is 13.2. The van der Waals surface area contributed by atoms with Crippen molar-refractivity contribution in [2.24, 2.45) is 11.8 Å². The van der Waals surface area contributed by atoms with Crippen LogP contribution in [0.1, 0.15) is 60.5 Å². The number of nitrogens with zero attached hydrogens (tertiary/aromatic N) is 3. The van der Waals surface area contributed by atoms with E-state index in [9.17, 15) is 14.7 Å². The molecule has 2 amide bonds. The summed E-state index contributed by atoms with van der Waals surface area (Å²) in [4.78, 5) is 35.3. The third-order valence-electron chi connectivity index (χ3n) is 7.37. The van der Waals surface area contributed by atoms with Crippen LogP contribution in [-0.2, 0) is 16.1 Å². The fourth-order valence-electron chi connectivity index (χ4n) is 4.72. The molecule has 3 unspecified atom stereocenters. The lowest BCUT2D eigenvalue weighted by molar-refractivity contribution is -0.142.